The first-order valence-corrected chi connectivity index (χ1v) is 9.13. The molecule has 1 atom stereocenters. The summed E-state index contributed by atoms with van der Waals surface area (Å²) < 4.78 is 25.2. The molecule has 1 aromatic heterocycles. The summed E-state index contributed by atoms with van der Waals surface area (Å²) in [5, 5.41) is 0.218. The molecule has 1 saturated heterocycles. The molecule has 1 aromatic rings. The van der Waals surface area contributed by atoms with Crippen LogP contribution in [0.25, 0.3) is 0 Å². The minimum Gasteiger partial charge on any atom is -0.444 e. The first-order chi connectivity index (χ1) is 11.1. The van der Waals surface area contributed by atoms with Crippen molar-refractivity contribution in [3.05, 3.63) is 17.0 Å². The minimum atomic E-state index is -2.03. The Kier molecular flexibility index (Phi) is 6.00. The van der Waals surface area contributed by atoms with E-state index in [9.17, 15) is 9.00 Å². The van der Waals surface area contributed by atoms with Crippen LogP contribution in [0.15, 0.2) is 6.07 Å². The molecule has 0 radical (unpaired) electrons. The van der Waals surface area contributed by atoms with Crippen molar-refractivity contribution in [1.29, 1.82) is 0 Å². The maximum absolute atomic E-state index is 12.1. The monoisotopic (exact) mass is 376 g/mol. The minimum absolute atomic E-state index is 0.175. The number of nitrogens with zero attached hydrogens (tertiary/aromatic N) is 4. The predicted octanol–water partition coefficient (Wildman–Crippen LogP) is 1.91. The molecule has 0 aliphatic carbocycles. The molecule has 10 heteroatoms. The molecule has 8 nitrogen and oxygen atoms in total. The van der Waals surface area contributed by atoms with Crippen LogP contribution in [-0.4, -0.2) is 61.5 Å². The van der Waals surface area contributed by atoms with Crippen LogP contribution in [0.1, 0.15) is 26.6 Å². The van der Waals surface area contributed by atoms with E-state index in [1.165, 1.54) is 0 Å². The molecule has 0 saturated carbocycles. The third-order valence-electron chi connectivity index (χ3n) is 3.24. The van der Waals surface area contributed by atoms with Gasteiger partial charge in [-0.2, -0.15) is 0 Å². The van der Waals surface area contributed by atoms with Crippen molar-refractivity contribution in [2.24, 2.45) is 0 Å². The first-order valence-electron chi connectivity index (χ1n) is 7.48. The van der Waals surface area contributed by atoms with E-state index in [-0.39, 0.29) is 22.8 Å². The molecule has 1 N–H and O–H groups in total. The predicted molar refractivity (Wildman–Crippen MR) is 91.5 cm³/mol. The lowest BCUT2D eigenvalue weighted by Crippen LogP contribution is -2.50. The lowest BCUT2D eigenvalue weighted by atomic mass is 10.2. The molecule has 1 fully saturated rings. The van der Waals surface area contributed by atoms with Gasteiger partial charge in [0, 0.05) is 32.2 Å². The number of piperazine rings is 1. The number of aromatic nitrogens is 2. The van der Waals surface area contributed by atoms with Gasteiger partial charge in [0.25, 0.3) is 0 Å². The number of carbonyl (C=O) groups is 1. The molecule has 1 amide bonds. The smallest absolute Gasteiger partial charge is 0.410 e. The molecular formula is C14H21ClN4O4S. The Balaban J connectivity index is 2.00. The summed E-state index contributed by atoms with van der Waals surface area (Å²) in [6, 6.07) is 1.61. The normalized spacial score (nSPS) is 16.9. The van der Waals surface area contributed by atoms with Gasteiger partial charge in [-0.15, -0.1) is 0 Å². The third kappa shape index (κ3) is 5.57. The summed E-state index contributed by atoms with van der Waals surface area (Å²) in [5.74, 6) is 0.623. The number of carbonyl (C=O) groups excluding carboxylic acids is 1. The Morgan fingerprint density at radius 1 is 1.33 bits per heavy atom. The van der Waals surface area contributed by atoms with E-state index in [2.05, 4.69) is 9.97 Å². The molecule has 0 spiro atoms. The summed E-state index contributed by atoms with van der Waals surface area (Å²) in [6.45, 7) is 7.61. The highest BCUT2D eigenvalue weighted by Crippen LogP contribution is 2.19. The van der Waals surface area contributed by atoms with Crippen LogP contribution in [0.5, 0.6) is 0 Å². The van der Waals surface area contributed by atoms with Crippen molar-refractivity contribution in [2.45, 2.75) is 32.1 Å². The molecule has 0 bridgehead atoms. The second-order valence-electron chi connectivity index (χ2n) is 6.39. The summed E-state index contributed by atoms with van der Waals surface area (Å²) in [4.78, 5) is 23.9. The van der Waals surface area contributed by atoms with Gasteiger partial charge >= 0.3 is 6.09 Å². The highest BCUT2D eigenvalue weighted by molar-refractivity contribution is 7.78. The van der Waals surface area contributed by atoms with Crippen LogP contribution >= 0.6 is 11.6 Å². The Hall–Kier alpha value is -1.45. The van der Waals surface area contributed by atoms with Crippen molar-refractivity contribution in [2.75, 3.05) is 31.1 Å². The van der Waals surface area contributed by atoms with Crippen LogP contribution in [0, 0.1) is 0 Å². The second-order valence-corrected chi connectivity index (χ2v) is 7.70. The van der Waals surface area contributed by atoms with Gasteiger partial charge < -0.3 is 19.1 Å². The quantitative estimate of drug-likeness (QED) is 0.635. The molecular weight excluding hydrogens is 356 g/mol. The van der Waals surface area contributed by atoms with Gasteiger partial charge in [0.2, 0.25) is 0 Å². The van der Waals surface area contributed by atoms with Gasteiger partial charge in [0.05, 0.1) is 0 Å². The Morgan fingerprint density at radius 3 is 2.50 bits per heavy atom. The zero-order valence-corrected chi connectivity index (χ0v) is 15.4. The SMILES string of the molecule is CC(C)(C)OC(=O)N1CCN(c2cc(Cl)nc(CS(=O)O)n2)CC1. The number of amides is 1. The zero-order valence-electron chi connectivity index (χ0n) is 13.9. The lowest BCUT2D eigenvalue weighted by Gasteiger charge is -2.36. The fourth-order valence-electron chi connectivity index (χ4n) is 2.23. The fourth-order valence-corrected chi connectivity index (χ4v) is 2.78. The number of rotatable bonds is 3. The van der Waals surface area contributed by atoms with Crippen molar-refractivity contribution >= 4 is 34.6 Å². The number of ether oxygens (including phenoxy) is 1. The van der Waals surface area contributed by atoms with E-state index < -0.39 is 16.7 Å². The molecule has 1 aliphatic heterocycles. The number of halogens is 1. The molecule has 1 aliphatic rings. The zero-order chi connectivity index (χ0) is 17.9. The first kappa shape index (κ1) is 18.9. The van der Waals surface area contributed by atoms with Gasteiger partial charge in [0.15, 0.2) is 11.1 Å². The van der Waals surface area contributed by atoms with E-state index in [0.29, 0.717) is 32.0 Å². The second kappa shape index (κ2) is 7.62. The number of hydrogen-bond acceptors (Lipinski definition) is 6. The largest absolute Gasteiger partial charge is 0.444 e. The summed E-state index contributed by atoms with van der Waals surface area (Å²) in [7, 11) is 0. The van der Waals surface area contributed by atoms with Crippen molar-refractivity contribution in [3.8, 4) is 0 Å². The maximum Gasteiger partial charge on any atom is 0.410 e. The molecule has 0 aromatic carbocycles. The van der Waals surface area contributed by atoms with Gasteiger partial charge in [-0.1, -0.05) is 11.6 Å². The van der Waals surface area contributed by atoms with Crippen molar-refractivity contribution in [3.63, 3.8) is 0 Å². The van der Waals surface area contributed by atoms with Crippen LogP contribution in [0.3, 0.4) is 0 Å². The Labute approximate surface area is 148 Å². The molecule has 1 unspecified atom stereocenters. The van der Waals surface area contributed by atoms with Crippen molar-refractivity contribution in [1.82, 2.24) is 14.9 Å². The van der Waals surface area contributed by atoms with Crippen LogP contribution in [0.4, 0.5) is 10.6 Å². The summed E-state index contributed by atoms with van der Waals surface area (Å²) >= 11 is 3.93. The van der Waals surface area contributed by atoms with Crippen molar-refractivity contribution < 1.29 is 18.3 Å². The average Bonchev–Trinajstić information content (AvgIpc) is 2.44. The van der Waals surface area contributed by atoms with E-state index in [1.54, 1.807) is 11.0 Å². The van der Waals surface area contributed by atoms with Gasteiger partial charge in [0.1, 0.15) is 28.1 Å². The Morgan fingerprint density at radius 2 is 1.96 bits per heavy atom. The van der Waals surface area contributed by atoms with Gasteiger partial charge in [-0.3, -0.25) is 0 Å². The highest BCUT2D eigenvalue weighted by atomic mass is 35.5. The average molecular weight is 377 g/mol. The van der Waals surface area contributed by atoms with E-state index >= 15 is 0 Å². The number of anilines is 1. The maximum atomic E-state index is 12.1. The molecule has 2 rings (SSSR count). The van der Waals surface area contributed by atoms with E-state index in [0.717, 1.165) is 0 Å². The van der Waals surface area contributed by atoms with Gasteiger partial charge in [-0.05, 0) is 20.8 Å². The van der Waals surface area contributed by atoms with E-state index in [1.807, 2.05) is 25.7 Å². The third-order valence-corrected chi connectivity index (χ3v) is 3.93. The lowest BCUT2D eigenvalue weighted by molar-refractivity contribution is 0.0240. The Bertz CT molecular complexity index is 630. The van der Waals surface area contributed by atoms with E-state index in [4.69, 9.17) is 20.9 Å². The number of hydrogen-bond donors (Lipinski definition) is 1. The highest BCUT2D eigenvalue weighted by Gasteiger charge is 2.26. The van der Waals surface area contributed by atoms with Crippen LogP contribution in [-0.2, 0) is 21.6 Å². The van der Waals surface area contributed by atoms with Gasteiger partial charge in [-0.25, -0.2) is 19.0 Å². The molecule has 134 valence electrons. The topological polar surface area (TPSA) is 95.9 Å². The summed E-state index contributed by atoms with van der Waals surface area (Å²) in [6.07, 6.45) is -0.334. The molecule has 24 heavy (non-hydrogen) atoms. The van der Waals surface area contributed by atoms with Crippen LogP contribution in [0.2, 0.25) is 5.15 Å². The van der Waals surface area contributed by atoms with Crippen LogP contribution < -0.4 is 4.90 Å². The fraction of sp³-hybridized carbons (Fsp3) is 0.643. The summed E-state index contributed by atoms with van der Waals surface area (Å²) in [5.41, 5.74) is -0.525. The standard InChI is InChI=1S/C14H21ClN4O4S/c1-14(2,3)23-13(20)19-6-4-18(5-7-19)12-8-10(15)16-11(17-12)9-24(21)22/h8H,4-7,9H2,1-3H3,(H,21,22). The molecule has 2 heterocycles.